The maximum absolute atomic E-state index is 12.9. The summed E-state index contributed by atoms with van der Waals surface area (Å²) in [5, 5.41) is 13.1. The summed E-state index contributed by atoms with van der Waals surface area (Å²) in [4.78, 5) is 11.2. The lowest BCUT2D eigenvalue weighted by Crippen LogP contribution is -2.35. The highest BCUT2D eigenvalue weighted by molar-refractivity contribution is 7.92. The summed E-state index contributed by atoms with van der Waals surface area (Å²) in [5.74, 6) is -1.02. The smallest absolute Gasteiger partial charge is 0.335 e. The van der Waals surface area contributed by atoms with Crippen molar-refractivity contribution in [2.24, 2.45) is 0 Å². The number of sulfonamides is 1. The van der Waals surface area contributed by atoms with E-state index in [2.05, 4.69) is 5.10 Å². The number of aryl methyl sites for hydroxylation is 2. The van der Waals surface area contributed by atoms with Crippen LogP contribution in [0.4, 0.5) is 5.69 Å². The van der Waals surface area contributed by atoms with Crippen LogP contribution < -0.4 is 4.31 Å². The molecule has 122 valence electrons. The zero-order chi connectivity index (χ0) is 16.6. The van der Waals surface area contributed by atoms with Crippen LogP contribution in [0.5, 0.6) is 0 Å². The number of aromatic carboxylic acids is 1. The summed E-state index contributed by atoms with van der Waals surface area (Å²) in [5.41, 5.74) is 1.45. The molecule has 2 aromatic rings. The van der Waals surface area contributed by atoms with Crippen LogP contribution in [0.3, 0.4) is 0 Å². The van der Waals surface area contributed by atoms with Crippen LogP contribution >= 0.6 is 0 Å². The first-order chi connectivity index (χ1) is 10.9. The Morgan fingerprint density at radius 2 is 2.17 bits per heavy atom. The molecule has 8 heteroatoms. The van der Waals surface area contributed by atoms with Gasteiger partial charge in [-0.25, -0.2) is 13.2 Å². The van der Waals surface area contributed by atoms with Gasteiger partial charge in [0.05, 0.1) is 17.4 Å². The standard InChI is InChI=1S/C15H17N3O4S/c1-2-17-10-13(9-16-17)23(21,22)18-7-3-4-11-8-12(15(19)20)5-6-14(11)18/h5-6,8-10H,2-4,7H2,1H3,(H,19,20). The lowest BCUT2D eigenvalue weighted by Gasteiger charge is -2.30. The number of nitrogens with zero attached hydrogens (tertiary/aromatic N) is 3. The minimum atomic E-state index is -3.70. The molecule has 0 unspecified atom stereocenters. The Balaban J connectivity index is 2.04. The van der Waals surface area contributed by atoms with Crippen molar-refractivity contribution in [3.05, 3.63) is 41.7 Å². The van der Waals surface area contributed by atoms with E-state index >= 15 is 0 Å². The van der Waals surface area contributed by atoms with Crippen LogP contribution in [-0.4, -0.2) is 35.8 Å². The lowest BCUT2D eigenvalue weighted by molar-refractivity contribution is 0.0696. The molecule has 1 aliphatic rings. The normalized spacial score (nSPS) is 14.6. The third-order valence-corrected chi connectivity index (χ3v) is 5.69. The number of carboxylic acids is 1. The second-order valence-corrected chi connectivity index (χ2v) is 7.22. The van der Waals surface area contributed by atoms with Crippen LogP contribution in [0.25, 0.3) is 0 Å². The molecular formula is C15H17N3O4S. The van der Waals surface area contributed by atoms with Crippen molar-refractivity contribution in [3.63, 3.8) is 0 Å². The molecule has 1 N–H and O–H groups in total. The van der Waals surface area contributed by atoms with Gasteiger partial charge in [0.25, 0.3) is 10.0 Å². The van der Waals surface area contributed by atoms with E-state index < -0.39 is 16.0 Å². The number of carboxylic acid groups (broad SMARTS) is 1. The van der Waals surface area contributed by atoms with Gasteiger partial charge < -0.3 is 5.11 Å². The summed E-state index contributed by atoms with van der Waals surface area (Å²) in [6.45, 7) is 2.85. The fourth-order valence-corrected chi connectivity index (χ4v) is 4.22. The van der Waals surface area contributed by atoms with Gasteiger partial charge in [0.15, 0.2) is 0 Å². The number of hydrogen-bond acceptors (Lipinski definition) is 4. The Morgan fingerprint density at radius 3 is 2.83 bits per heavy atom. The number of hydrogen-bond donors (Lipinski definition) is 1. The fraction of sp³-hybridized carbons (Fsp3) is 0.333. The van der Waals surface area contributed by atoms with Crippen LogP contribution in [0.15, 0.2) is 35.5 Å². The first-order valence-corrected chi connectivity index (χ1v) is 8.79. The number of benzene rings is 1. The summed E-state index contributed by atoms with van der Waals surface area (Å²) in [6.07, 6.45) is 4.17. The number of aromatic nitrogens is 2. The molecule has 0 fully saturated rings. The molecule has 2 heterocycles. The molecule has 1 aromatic heterocycles. The highest BCUT2D eigenvalue weighted by atomic mass is 32.2. The van der Waals surface area contributed by atoms with Gasteiger partial charge in [0.2, 0.25) is 0 Å². The average molecular weight is 335 g/mol. The molecule has 0 saturated carbocycles. The number of rotatable bonds is 4. The SMILES string of the molecule is CCn1cc(S(=O)(=O)N2CCCc3cc(C(=O)O)ccc32)cn1. The zero-order valence-electron chi connectivity index (χ0n) is 12.6. The second kappa shape index (κ2) is 5.69. The van der Waals surface area contributed by atoms with Gasteiger partial charge in [0, 0.05) is 19.3 Å². The Bertz CT molecular complexity index is 857. The van der Waals surface area contributed by atoms with Gasteiger partial charge in [-0.15, -0.1) is 0 Å². The summed E-state index contributed by atoms with van der Waals surface area (Å²) in [7, 11) is -3.70. The van der Waals surface area contributed by atoms with Gasteiger partial charge in [-0.1, -0.05) is 0 Å². The van der Waals surface area contributed by atoms with E-state index in [9.17, 15) is 13.2 Å². The van der Waals surface area contributed by atoms with Crippen molar-refractivity contribution in [2.75, 3.05) is 10.8 Å². The molecule has 0 amide bonds. The van der Waals surface area contributed by atoms with E-state index in [1.165, 1.54) is 22.8 Å². The molecule has 0 aliphatic carbocycles. The fourth-order valence-electron chi connectivity index (χ4n) is 2.72. The zero-order valence-corrected chi connectivity index (χ0v) is 13.5. The van der Waals surface area contributed by atoms with Crippen molar-refractivity contribution in [1.82, 2.24) is 9.78 Å². The van der Waals surface area contributed by atoms with Crippen molar-refractivity contribution in [1.29, 1.82) is 0 Å². The van der Waals surface area contributed by atoms with Gasteiger partial charge in [0.1, 0.15) is 4.90 Å². The molecule has 0 atom stereocenters. The topological polar surface area (TPSA) is 92.5 Å². The molecule has 23 heavy (non-hydrogen) atoms. The Hall–Kier alpha value is -2.35. The predicted octanol–water partition coefficient (Wildman–Crippen LogP) is 1.74. The Morgan fingerprint density at radius 1 is 1.39 bits per heavy atom. The largest absolute Gasteiger partial charge is 0.478 e. The Kier molecular flexibility index (Phi) is 3.85. The van der Waals surface area contributed by atoms with Crippen molar-refractivity contribution >= 4 is 21.7 Å². The number of carbonyl (C=O) groups is 1. The van der Waals surface area contributed by atoms with E-state index in [1.54, 1.807) is 16.8 Å². The third-order valence-electron chi connectivity index (χ3n) is 3.92. The number of fused-ring (bicyclic) bond motifs is 1. The lowest BCUT2D eigenvalue weighted by atomic mass is 10.0. The van der Waals surface area contributed by atoms with E-state index in [0.29, 0.717) is 31.6 Å². The highest BCUT2D eigenvalue weighted by Crippen LogP contribution is 2.32. The van der Waals surface area contributed by atoms with Gasteiger partial charge >= 0.3 is 5.97 Å². The van der Waals surface area contributed by atoms with Gasteiger partial charge in [-0.05, 0) is 43.5 Å². The van der Waals surface area contributed by atoms with Gasteiger partial charge in [-0.3, -0.25) is 8.99 Å². The maximum Gasteiger partial charge on any atom is 0.335 e. The summed E-state index contributed by atoms with van der Waals surface area (Å²) < 4.78 is 28.6. The molecular weight excluding hydrogens is 318 g/mol. The molecule has 0 radical (unpaired) electrons. The quantitative estimate of drug-likeness (QED) is 0.919. The van der Waals surface area contributed by atoms with Crippen LogP contribution in [0.2, 0.25) is 0 Å². The first-order valence-electron chi connectivity index (χ1n) is 7.35. The maximum atomic E-state index is 12.9. The molecule has 7 nitrogen and oxygen atoms in total. The predicted molar refractivity (Wildman–Crippen MR) is 84.2 cm³/mol. The van der Waals surface area contributed by atoms with Crippen LogP contribution in [-0.2, 0) is 23.0 Å². The molecule has 1 aromatic carbocycles. The van der Waals surface area contributed by atoms with Gasteiger partial charge in [-0.2, -0.15) is 5.10 Å². The average Bonchev–Trinajstić information content (AvgIpc) is 3.03. The molecule has 1 aliphatic heterocycles. The Labute approximate surface area is 134 Å². The second-order valence-electron chi connectivity index (χ2n) is 5.36. The highest BCUT2D eigenvalue weighted by Gasteiger charge is 2.30. The molecule has 0 spiro atoms. The van der Waals surface area contributed by atoms with E-state index in [4.69, 9.17) is 5.11 Å². The van der Waals surface area contributed by atoms with Crippen LogP contribution in [0, 0.1) is 0 Å². The van der Waals surface area contributed by atoms with Crippen LogP contribution in [0.1, 0.15) is 29.3 Å². The first kappa shape index (κ1) is 15.5. The minimum Gasteiger partial charge on any atom is -0.478 e. The van der Waals surface area contributed by atoms with Crippen molar-refractivity contribution < 1.29 is 18.3 Å². The summed E-state index contributed by atoms with van der Waals surface area (Å²) in [6, 6.07) is 4.55. The number of anilines is 1. The summed E-state index contributed by atoms with van der Waals surface area (Å²) >= 11 is 0. The molecule has 0 saturated heterocycles. The molecule has 0 bridgehead atoms. The van der Waals surface area contributed by atoms with Crippen molar-refractivity contribution in [3.8, 4) is 0 Å². The van der Waals surface area contributed by atoms with Crippen molar-refractivity contribution in [2.45, 2.75) is 31.2 Å². The minimum absolute atomic E-state index is 0.148. The van der Waals surface area contributed by atoms with E-state index in [0.717, 1.165) is 5.56 Å². The third kappa shape index (κ3) is 2.70. The molecule has 3 rings (SSSR count). The van der Waals surface area contributed by atoms with E-state index in [1.807, 2.05) is 6.92 Å². The monoisotopic (exact) mass is 335 g/mol. The van der Waals surface area contributed by atoms with E-state index in [-0.39, 0.29) is 10.5 Å².